The average molecular weight is 322 g/mol. The van der Waals surface area contributed by atoms with Gasteiger partial charge in [-0.1, -0.05) is 52.0 Å². The first-order chi connectivity index (χ1) is 11.2. The molecule has 1 nitrogen and oxygen atoms in total. The van der Waals surface area contributed by atoms with Crippen molar-refractivity contribution in [2.24, 2.45) is 0 Å². The number of methoxy groups -OCH3 is 1. The van der Waals surface area contributed by atoms with E-state index in [0.29, 0.717) is 18.4 Å². The first-order valence-corrected chi connectivity index (χ1v) is 8.23. The highest BCUT2D eigenvalue weighted by atomic mass is 19.1. The molecule has 0 aliphatic heterocycles. The molecule has 0 saturated carbocycles. The molecule has 2 rings (SSSR count). The first kappa shape index (κ1) is 21.1. The third kappa shape index (κ3) is 7.78. The zero-order chi connectivity index (χ0) is 17.7. The van der Waals surface area contributed by atoms with Crippen LogP contribution in [0.25, 0.3) is 6.08 Å². The first-order valence-electron chi connectivity index (χ1n) is 8.23. The Labute approximate surface area is 139 Å². The molecule has 0 aromatic heterocycles. The van der Waals surface area contributed by atoms with E-state index in [0.717, 1.165) is 11.3 Å². The van der Waals surface area contributed by atoms with Crippen molar-refractivity contribution in [1.82, 2.24) is 0 Å². The summed E-state index contributed by atoms with van der Waals surface area (Å²) in [6.45, 7) is 8.00. The van der Waals surface area contributed by atoms with Crippen LogP contribution in [-0.4, -0.2) is 13.3 Å². The van der Waals surface area contributed by atoms with Crippen LogP contribution < -0.4 is 4.74 Å². The Bertz CT molecular complexity index is 513. The molecule has 128 valence electrons. The van der Waals surface area contributed by atoms with Crippen molar-refractivity contribution < 1.29 is 13.5 Å². The number of allylic oxidation sites excluding steroid dienone is 5. The lowest BCUT2D eigenvalue weighted by Crippen LogP contribution is -1.93. The Hall–Kier alpha value is -1.90. The van der Waals surface area contributed by atoms with Crippen LogP contribution in [0.15, 0.2) is 53.9 Å². The Morgan fingerprint density at radius 3 is 2.22 bits per heavy atom. The van der Waals surface area contributed by atoms with Crippen LogP contribution >= 0.6 is 0 Å². The largest absolute Gasteiger partial charge is 0.497 e. The quantitative estimate of drug-likeness (QED) is 0.603. The molecule has 1 aromatic rings. The van der Waals surface area contributed by atoms with Crippen molar-refractivity contribution in [3.05, 3.63) is 59.5 Å². The molecular formula is C20H28F2O. The van der Waals surface area contributed by atoms with Gasteiger partial charge < -0.3 is 4.74 Å². The molecule has 1 aliphatic carbocycles. The molecule has 1 aromatic carbocycles. The predicted octanol–water partition coefficient (Wildman–Crippen LogP) is 6.67. The van der Waals surface area contributed by atoms with Gasteiger partial charge >= 0.3 is 0 Å². The van der Waals surface area contributed by atoms with Gasteiger partial charge in [0.1, 0.15) is 17.7 Å². The minimum Gasteiger partial charge on any atom is -0.497 e. The van der Waals surface area contributed by atoms with E-state index < -0.39 is 6.17 Å². The van der Waals surface area contributed by atoms with Crippen molar-refractivity contribution in [1.29, 1.82) is 0 Å². The number of ether oxygens (including phenoxy) is 1. The van der Waals surface area contributed by atoms with Gasteiger partial charge in [-0.2, -0.15) is 0 Å². The highest BCUT2D eigenvalue weighted by molar-refractivity contribution is 5.56. The fourth-order valence-electron chi connectivity index (χ4n) is 1.88. The summed E-state index contributed by atoms with van der Waals surface area (Å²) < 4.78 is 32.1. The molecule has 0 fully saturated rings. The molecule has 0 N–H and O–H groups in total. The van der Waals surface area contributed by atoms with E-state index in [-0.39, 0.29) is 5.83 Å². The Morgan fingerprint density at radius 2 is 1.65 bits per heavy atom. The van der Waals surface area contributed by atoms with E-state index in [1.807, 2.05) is 52.0 Å². The fourth-order valence-corrected chi connectivity index (χ4v) is 1.88. The van der Waals surface area contributed by atoms with Gasteiger partial charge in [-0.3, -0.25) is 0 Å². The molecule has 0 spiro atoms. The maximum atomic E-state index is 13.7. The second kappa shape index (κ2) is 12.6. The van der Waals surface area contributed by atoms with Crippen LogP contribution in [0.1, 0.15) is 46.1 Å². The summed E-state index contributed by atoms with van der Waals surface area (Å²) in [5, 5.41) is 0. The molecule has 3 heteroatoms. The van der Waals surface area contributed by atoms with Crippen molar-refractivity contribution in [2.45, 2.75) is 46.7 Å². The molecule has 0 heterocycles. The van der Waals surface area contributed by atoms with Crippen molar-refractivity contribution in [3.63, 3.8) is 0 Å². The summed E-state index contributed by atoms with van der Waals surface area (Å²) in [7, 11) is 1.60. The van der Waals surface area contributed by atoms with E-state index >= 15 is 0 Å². The van der Waals surface area contributed by atoms with Crippen LogP contribution in [0.3, 0.4) is 0 Å². The Kier molecular flexibility index (Phi) is 11.6. The van der Waals surface area contributed by atoms with Crippen LogP contribution in [0, 0.1) is 0 Å². The number of rotatable bonds is 3. The fraction of sp³-hybridized carbons (Fsp3) is 0.400. The van der Waals surface area contributed by atoms with Crippen LogP contribution in [0.5, 0.6) is 5.75 Å². The molecule has 0 saturated heterocycles. The predicted molar refractivity (Wildman–Crippen MR) is 96.1 cm³/mol. The normalized spacial score (nSPS) is 16.9. The Morgan fingerprint density at radius 1 is 1.04 bits per heavy atom. The van der Waals surface area contributed by atoms with E-state index in [1.165, 1.54) is 12.2 Å². The highest BCUT2D eigenvalue weighted by Gasteiger charge is 2.11. The standard InChI is InChI=1S/C16H16F2O.2C2H6/c1-19-15-9-6-12(7-10-15)5-8-13-11-14(17)3-2-4-16(13)18;2*1-2/h4-11,14H,2-3H2,1H3;2*1-2H3/b8-5+;;. The molecule has 1 unspecified atom stereocenters. The maximum Gasteiger partial charge on any atom is 0.126 e. The number of hydrogen-bond acceptors (Lipinski definition) is 1. The van der Waals surface area contributed by atoms with Gasteiger partial charge in [0.15, 0.2) is 0 Å². The zero-order valence-corrected chi connectivity index (χ0v) is 14.8. The smallest absolute Gasteiger partial charge is 0.126 e. The second-order valence-corrected chi connectivity index (χ2v) is 4.37. The van der Waals surface area contributed by atoms with Crippen molar-refractivity contribution >= 4 is 6.08 Å². The zero-order valence-electron chi connectivity index (χ0n) is 14.8. The van der Waals surface area contributed by atoms with Crippen LogP contribution in [0.4, 0.5) is 8.78 Å². The third-order valence-corrected chi connectivity index (χ3v) is 2.97. The summed E-state index contributed by atoms with van der Waals surface area (Å²) in [5.74, 6) is 0.408. The topological polar surface area (TPSA) is 9.23 Å². The van der Waals surface area contributed by atoms with Gasteiger partial charge in [0.05, 0.1) is 7.11 Å². The summed E-state index contributed by atoms with van der Waals surface area (Å²) in [5.41, 5.74) is 1.22. The highest BCUT2D eigenvalue weighted by Crippen LogP contribution is 2.23. The third-order valence-electron chi connectivity index (χ3n) is 2.97. The minimum absolute atomic E-state index is 0.306. The molecule has 1 atom stereocenters. The molecule has 0 radical (unpaired) electrons. The number of alkyl halides is 1. The van der Waals surface area contributed by atoms with E-state index in [2.05, 4.69) is 0 Å². The molecular weight excluding hydrogens is 294 g/mol. The average Bonchev–Trinajstić information content (AvgIpc) is 2.77. The van der Waals surface area contributed by atoms with Crippen molar-refractivity contribution in [2.75, 3.05) is 7.11 Å². The van der Waals surface area contributed by atoms with Gasteiger partial charge in [-0.15, -0.1) is 0 Å². The molecule has 23 heavy (non-hydrogen) atoms. The maximum absolute atomic E-state index is 13.7. The molecule has 1 aliphatic rings. The molecule has 0 amide bonds. The van der Waals surface area contributed by atoms with Crippen LogP contribution in [-0.2, 0) is 0 Å². The minimum atomic E-state index is -1.08. The lowest BCUT2D eigenvalue weighted by atomic mass is 10.1. The lowest BCUT2D eigenvalue weighted by Gasteiger charge is -2.01. The number of benzene rings is 1. The van der Waals surface area contributed by atoms with Crippen LogP contribution in [0.2, 0.25) is 0 Å². The summed E-state index contributed by atoms with van der Waals surface area (Å²) >= 11 is 0. The van der Waals surface area contributed by atoms with Gasteiger partial charge in [-0.25, -0.2) is 8.78 Å². The number of halogens is 2. The SMILES string of the molecule is CC.CC.COc1ccc(/C=C/C2=CC(F)CCC=C2F)cc1. The van der Waals surface area contributed by atoms with Gasteiger partial charge in [0, 0.05) is 5.57 Å². The lowest BCUT2D eigenvalue weighted by molar-refractivity contribution is 0.381. The Balaban J connectivity index is 0.00000112. The summed E-state index contributed by atoms with van der Waals surface area (Å²) in [6, 6.07) is 7.37. The summed E-state index contributed by atoms with van der Waals surface area (Å²) in [6.07, 6.45) is 5.82. The molecule has 0 bridgehead atoms. The van der Waals surface area contributed by atoms with E-state index in [1.54, 1.807) is 19.3 Å². The van der Waals surface area contributed by atoms with Gasteiger partial charge in [0.2, 0.25) is 0 Å². The summed E-state index contributed by atoms with van der Waals surface area (Å²) in [4.78, 5) is 0. The van der Waals surface area contributed by atoms with E-state index in [4.69, 9.17) is 4.74 Å². The van der Waals surface area contributed by atoms with E-state index in [9.17, 15) is 8.78 Å². The monoisotopic (exact) mass is 322 g/mol. The van der Waals surface area contributed by atoms with Gasteiger partial charge in [0.25, 0.3) is 0 Å². The van der Waals surface area contributed by atoms with Crippen molar-refractivity contribution in [3.8, 4) is 5.75 Å². The van der Waals surface area contributed by atoms with Gasteiger partial charge in [-0.05, 0) is 42.7 Å². The second-order valence-electron chi connectivity index (χ2n) is 4.37. The number of hydrogen-bond donors (Lipinski definition) is 0.